The van der Waals surface area contributed by atoms with Gasteiger partial charge in [-0.3, -0.25) is 4.79 Å². The van der Waals surface area contributed by atoms with Crippen molar-refractivity contribution in [1.82, 2.24) is 15.0 Å². The van der Waals surface area contributed by atoms with E-state index in [4.69, 9.17) is 5.73 Å². The molecule has 0 spiro atoms. The predicted molar refractivity (Wildman–Crippen MR) is 74.5 cm³/mol. The van der Waals surface area contributed by atoms with Crippen LogP contribution in [-0.4, -0.2) is 26.3 Å². The summed E-state index contributed by atoms with van der Waals surface area (Å²) in [5.41, 5.74) is 6.15. The van der Waals surface area contributed by atoms with Gasteiger partial charge in [0.15, 0.2) is 0 Å². The van der Waals surface area contributed by atoms with Gasteiger partial charge in [-0.1, -0.05) is 17.3 Å². The van der Waals surface area contributed by atoms with Crippen LogP contribution in [0.15, 0.2) is 29.1 Å². The first-order chi connectivity index (χ1) is 8.47. The van der Waals surface area contributed by atoms with Gasteiger partial charge in [-0.15, -0.1) is 16.9 Å². The highest BCUT2D eigenvalue weighted by Gasteiger charge is 2.11. The Bertz CT molecular complexity index is 603. The Morgan fingerprint density at radius 3 is 2.83 bits per heavy atom. The fourth-order valence-corrected chi connectivity index (χ4v) is 2.46. The van der Waals surface area contributed by atoms with E-state index < -0.39 is 0 Å². The molecule has 2 N–H and O–H groups in total. The Labute approximate surface area is 109 Å². The van der Waals surface area contributed by atoms with Crippen molar-refractivity contribution in [3.63, 3.8) is 0 Å². The predicted octanol–water partition coefficient (Wildman–Crippen LogP) is 1.22. The van der Waals surface area contributed by atoms with Gasteiger partial charge in [0.2, 0.25) is 0 Å². The fourth-order valence-electron chi connectivity index (χ4n) is 1.50. The third-order valence-corrected chi connectivity index (χ3v) is 3.69. The van der Waals surface area contributed by atoms with Crippen LogP contribution in [0.3, 0.4) is 0 Å². The van der Waals surface area contributed by atoms with Crippen LogP contribution < -0.4 is 11.3 Å². The second-order valence-corrected chi connectivity index (χ2v) is 5.83. The molecule has 18 heavy (non-hydrogen) atoms. The number of nitrogens with zero attached hydrogens (tertiary/aromatic N) is 3. The lowest BCUT2D eigenvalue weighted by molar-refractivity contribution is 0.586. The van der Waals surface area contributed by atoms with Gasteiger partial charge in [0, 0.05) is 11.3 Å². The molecule has 5 nitrogen and oxygen atoms in total. The van der Waals surface area contributed by atoms with Gasteiger partial charge in [0.1, 0.15) is 5.52 Å². The molecule has 2 rings (SSSR count). The number of aromatic nitrogens is 3. The van der Waals surface area contributed by atoms with Crippen LogP contribution in [0, 0.1) is 0 Å². The molecular formula is C12H16N4OS. The topological polar surface area (TPSA) is 73.8 Å². The maximum Gasteiger partial charge on any atom is 0.278 e. The minimum Gasteiger partial charge on any atom is -0.325 e. The molecule has 0 saturated heterocycles. The largest absolute Gasteiger partial charge is 0.325 e. The van der Waals surface area contributed by atoms with Crippen LogP contribution in [0.5, 0.6) is 0 Å². The molecule has 1 aromatic carbocycles. The fraction of sp³-hybridized carbons (Fsp3) is 0.417. The molecular weight excluding hydrogens is 248 g/mol. The number of hydrogen-bond donors (Lipinski definition) is 1. The van der Waals surface area contributed by atoms with Crippen molar-refractivity contribution in [2.45, 2.75) is 25.3 Å². The van der Waals surface area contributed by atoms with Gasteiger partial charge in [-0.05, 0) is 26.0 Å². The van der Waals surface area contributed by atoms with Crippen LogP contribution >= 0.6 is 11.8 Å². The summed E-state index contributed by atoms with van der Waals surface area (Å²) in [5, 5.41) is 8.54. The quantitative estimate of drug-likeness (QED) is 0.898. The van der Waals surface area contributed by atoms with E-state index in [1.54, 1.807) is 23.9 Å². The van der Waals surface area contributed by atoms with E-state index in [0.717, 1.165) is 5.75 Å². The highest BCUT2D eigenvalue weighted by atomic mass is 32.2. The standard InChI is InChI=1S/C12H16N4OS/c1-12(2,13)7-18-8-16-11(17)9-5-3-4-6-10(9)14-15-16/h3-6H,7-8,13H2,1-2H3. The molecule has 6 heteroatoms. The number of rotatable bonds is 4. The molecule has 0 bridgehead atoms. The Morgan fingerprint density at radius 1 is 1.39 bits per heavy atom. The minimum absolute atomic E-state index is 0.108. The van der Waals surface area contributed by atoms with Crippen molar-refractivity contribution >= 4 is 22.7 Å². The molecule has 96 valence electrons. The van der Waals surface area contributed by atoms with Crippen LogP contribution in [-0.2, 0) is 5.88 Å². The summed E-state index contributed by atoms with van der Waals surface area (Å²) in [6.07, 6.45) is 0. The van der Waals surface area contributed by atoms with Crippen molar-refractivity contribution in [3.8, 4) is 0 Å². The lowest BCUT2D eigenvalue weighted by atomic mass is 10.1. The van der Waals surface area contributed by atoms with Gasteiger partial charge in [0.25, 0.3) is 5.56 Å². The van der Waals surface area contributed by atoms with E-state index in [1.165, 1.54) is 4.68 Å². The van der Waals surface area contributed by atoms with Crippen LogP contribution in [0.4, 0.5) is 0 Å². The zero-order chi connectivity index (χ0) is 13.2. The van der Waals surface area contributed by atoms with Crippen LogP contribution in [0.1, 0.15) is 13.8 Å². The normalized spacial score (nSPS) is 11.9. The van der Waals surface area contributed by atoms with Crippen molar-refractivity contribution in [3.05, 3.63) is 34.6 Å². The first-order valence-electron chi connectivity index (χ1n) is 5.66. The molecule has 0 aliphatic carbocycles. The van der Waals surface area contributed by atoms with Crippen molar-refractivity contribution in [1.29, 1.82) is 0 Å². The summed E-state index contributed by atoms with van der Waals surface area (Å²) < 4.78 is 1.37. The number of benzene rings is 1. The van der Waals surface area contributed by atoms with Gasteiger partial charge >= 0.3 is 0 Å². The Morgan fingerprint density at radius 2 is 2.11 bits per heavy atom. The zero-order valence-corrected chi connectivity index (χ0v) is 11.3. The van der Waals surface area contributed by atoms with Gasteiger partial charge in [-0.25, -0.2) is 4.68 Å². The van der Waals surface area contributed by atoms with E-state index in [1.807, 2.05) is 26.0 Å². The lowest BCUT2D eigenvalue weighted by Crippen LogP contribution is -2.35. The molecule has 0 radical (unpaired) electrons. The van der Waals surface area contributed by atoms with Gasteiger partial charge in [-0.2, -0.15) is 0 Å². The number of hydrogen-bond acceptors (Lipinski definition) is 5. The molecule has 1 heterocycles. The maximum atomic E-state index is 12.1. The van der Waals surface area contributed by atoms with E-state index >= 15 is 0 Å². The molecule has 2 aromatic rings. The van der Waals surface area contributed by atoms with E-state index in [2.05, 4.69) is 10.3 Å². The van der Waals surface area contributed by atoms with Crippen molar-refractivity contribution in [2.24, 2.45) is 5.73 Å². The van der Waals surface area contributed by atoms with Crippen molar-refractivity contribution in [2.75, 3.05) is 5.75 Å². The lowest BCUT2D eigenvalue weighted by Gasteiger charge is -2.17. The average Bonchev–Trinajstić information content (AvgIpc) is 2.31. The molecule has 1 aromatic heterocycles. The second kappa shape index (κ2) is 5.07. The third kappa shape index (κ3) is 3.08. The van der Waals surface area contributed by atoms with Gasteiger partial charge in [0.05, 0.1) is 11.3 Å². The summed E-state index contributed by atoms with van der Waals surface area (Å²) in [6, 6.07) is 7.21. The highest BCUT2D eigenvalue weighted by molar-refractivity contribution is 7.98. The van der Waals surface area contributed by atoms with Gasteiger partial charge < -0.3 is 5.73 Å². The maximum absolute atomic E-state index is 12.1. The van der Waals surface area contributed by atoms with Crippen LogP contribution in [0.25, 0.3) is 10.9 Å². The molecule has 0 fully saturated rings. The zero-order valence-electron chi connectivity index (χ0n) is 10.5. The van der Waals surface area contributed by atoms with Crippen molar-refractivity contribution < 1.29 is 0 Å². The molecule has 0 aliphatic heterocycles. The third-order valence-electron chi connectivity index (χ3n) is 2.32. The Balaban J connectivity index is 2.20. The van der Waals surface area contributed by atoms with Crippen LogP contribution in [0.2, 0.25) is 0 Å². The molecule has 0 aliphatic rings. The van der Waals surface area contributed by atoms with E-state index in [-0.39, 0.29) is 11.1 Å². The minimum atomic E-state index is -0.251. The monoisotopic (exact) mass is 264 g/mol. The number of nitrogens with two attached hydrogens (primary N) is 1. The summed E-state index contributed by atoms with van der Waals surface area (Å²) >= 11 is 1.57. The summed E-state index contributed by atoms with van der Waals surface area (Å²) in [4.78, 5) is 12.1. The first kappa shape index (κ1) is 13.0. The molecule has 0 amide bonds. The van der Waals surface area contributed by atoms with E-state index in [9.17, 15) is 4.79 Å². The Kier molecular flexibility index (Phi) is 3.68. The number of fused-ring (bicyclic) bond motifs is 1. The summed E-state index contributed by atoms with van der Waals surface area (Å²) in [7, 11) is 0. The summed E-state index contributed by atoms with van der Waals surface area (Å²) in [5.74, 6) is 1.23. The van der Waals surface area contributed by atoms with E-state index in [0.29, 0.717) is 16.8 Å². The molecule has 0 saturated carbocycles. The Hall–Kier alpha value is -1.40. The highest BCUT2D eigenvalue weighted by Crippen LogP contribution is 2.11. The average molecular weight is 264 g/mol. The summed E-state index contributed by atoms with van der Waals surface area (Å²) in [6.45, 7) is 3.91. The molecule has 0 atom stereocenters. The molecule has 0 unspecified atom stereocenters. The second-order valence-electron chi connectivity index (χ2n) is 4.88. The smallest absolute Gasteiger partial charge is 0.278 e. The SMILES string of the molecule is CC(C)(N)CSCn1nnc2ccccc2c1=O. The first-order valence-corrected chi connectivity index (χ1v) is 6.82. The number of thioether (sulfide) groups is 1.